The maximum absolute atomic E-state index is 3.71. The first-order chi connectivity index (χ1) is 11.9. The van der Waals surface area contributed by atoms with Crippen molar-refractivity contribution < 1.29 is 0 Å². The van der Waals surface area contributed by atoms with Crippen molar-refractivity contribution in [3.8, 4) is 11.1 Å². The van der Waals surface area contributed by atoms with E-state index in [9.17, 15) is 0 Å². The molecule has 2 heterocycles. The van der Waals surface area contributed by atoms with Crippen LogP contribution in [0.5, 0.6) is 0 Å². The summed E-state index contributed by atoms with van der Waals surface area (Å²) in [6.45, 7) is 0. The summed E-state index contributed by atoms with van der Waals surface area (Å²) < 4.78 is 0. The fourth-order valence-electron chi connectivity index (χ4n) is 4.10. The number of hydrogen-bond acceptors (Lipinski definition) is 1. The van der Waals surface area contributed by atoms with Crippen molar-refractivity contribution in [1.82, 2.24) is 4.98 Å². The van der Waals surface area contributed by atoms with Gasteiger partial charge in [-0.2, -0.15) is 0 Å². The molecule has 1 aliphatic rings. The molecule has 0 saturated carbocycles. The Kier molecular flexibility index (Phi) is 2.12. The van der Waals surface area contributed by atoms with Crippen LogP contribution in [0.1, 0.15) is 0 Å². The van der Waals surface area contributed by atoms with Crippen LogP contribution in [0, 0.1) is 0 Å². The average Bonchev–Trinajstić information content (AvgIpc) is 3.01. The largest absolute Gasteiger partial charge is 0.354 e. The van der Waals surface area contributed by atoms with Gasteiger partial charge < -0.3 is 10.3 Å². The van der Waals surface area contributed by atoms with Crippen LogP contribution in [-0.2, 0) is 0 Å². The SMILES string of the molecule is c1cc2c3c(cccc3c1)-c1ccc3[nH]c4ccccc4c3c1N2. The van der Waals surface area contributed by atoms with Crippen LogP contribution in [0.15, 0.2) is 72.8 Å². The fourth-order valence-corrected chi connectivity index (χ4v) is 4.10. The summed E-state index contributed by atoms with van der Waals surface area (Å²) in [5.74, 6) is 0. The molecule has 0 unspecified atom stereocenters. The highest BCUT2D eigenvalue weighted by Crippen LogP contribution is 2.47. The third-order valence-electron chi connectivity index (χ3n) is 5.13. The number of H-pyrrole nitrogens is 1. The maximum Gasteiger partial charge on any atom is 0.0565 e. The Balaban J connectivity index is 1.83. The molecule has 0 saturated heterocycles. The van der Waals surface area contributed by atoms with Gasteiger partial charge >= 0.3 is 0 Å². The van der Waals surface area contributed by atoms with Crippen LogP contribution >= 0.6 is 0 Å². The normalized spacial score (nSPS) is 12.5. The first kappa shape index (κ1) is 12.2. The van der Waals surface area contributed by atoms with E-state index in [0.717, 1.165) is 0 Å². The van der Waals surface area contributed by atoms with E-state index >= 15 is 0 Å². The standard InChI is InChI=1S/C22H14N2/c1-2-9-17-16(7-1)21-19(23-17)12-11-15-14-8-3-5-13-6-4-10-18(20(13)14)24-22(15)21/h1-12,23-24H. The molecule has 6 rings (SSSR count). The van der Waals surface area contributed by atoms with E-state index in [1.807, 2.05) is 0 Å². The zero-order valence-electron chi connectivity index (χ0n) is 12.9. The second-order valence-electron chi connectivity index (χ2n) is 6.42. The third-order valence-corrected chi connectivity index (χ3v) is 5.13. The molecule has 4 aromatic carbocycles. The highest BCUT2D eigenvalue weighted by atomic mass is 14.9. The lowest BCUT2D eigenvalue weighted by atomic mass is 9.91. The minimum atomic E-state index is 1.18. The maximum atomic E-state index is 3.71. The van der Waals surface area contributed by atoms with Gasteiger partial charge in [-0.25, -0.2) is 0 Å². The van der Waals surface area contributed by atoms with E-state index in [1.165, 1.54) is 55.1 Å². The number of hydrogen-bond donors (Lipinski definition) is 2. The van der Waals surface area contributed by atoms with Gasteiger partial charge in [0.1, 0.15) is 0 Å². The lowest BCUT2D eigenvalue weighted by Crippen LogP contribution is -2.01. The molecule has 1 aliphatic heterocycles. The zero-order chi connectivity index (χ0) is 15.7. The molecule has 112 valence electrons. The van der Waals surface area contributed by atoms with Gasteiger partial charge in [-0.3, -0.25) is 0 Å². The summed E-state index contributed by atoms with van der Waals surface area (Å²) >= 11 is 0. The molecule has 0 amide bonds. The third kappa shape index (κ3) is 1.41. The number of benzene rings is 4. The molecule has 0 aliphatic carbocycles. The van der Waals surface area contributed by atoms with Crippen LogP contribution < -0.4 is 5.32 Å². The Morgan fingerprint density at radius 2 is 1.46 bits per heavy atom. The predicted octanol–water partition coefficient (Wildman–Crippen LogP) is 6.20. The van der Waals surface area contributed by atoms with Crippen LogP contribution in [0.3, 0.4) is 0 Å². The van der Waals surface area contributed by atoms with Crippen molar-refractivity contribution in [3.63, 3.8) is 0 Å². The summed E-state index contributed by atoms with van der Waals surface area (Å²) in [7, 11) is 0. The molecule has 2 N–H and O–H groups in total. The van der Waals surface area contributed by atoms with Gasteiger partial charge in [-0.05, 0) is 29.1 Å². The van der Waals surface area contributed by atoms with Crippen molar-refractivity contribution in [2.75, 3.05) is 5.32 Å². The minimum Gasteiger partial charge on any atom is -0.354 e. The fraction of sp³-hybridized carbons (Fsp3) is 0. The van der Waals surface area contributed by atoms with E-state index in [1.54, 1.807) is 0 Å². The molecule has 5 aromatic rings. The van der Waals surface area contributed by atoms with E-state index in [2.05, 4.69) is 83.1 Å². The molecule has 0 fully saturated rings. The van der Waals surface area contributed by atoms with Crippen molar-refractivity contribution in [2.45, 2.75) is 0 Å². The Bertz CT molecular complexity index is 1270. The van der Waals surface area contributed by atoms with Crippen molar-refractivity contribution in [3.05, 3.63) is 72.8 Å². The van der Waals surface area contributed by atoms with Crippen molar-refractivity contribution in [2.24, 2.45) is 0 Å². The molecule has 0 atom stereocenters. The lowest BCUT2D eigenvalue weighted by Gasteiger charge is -2.23. The number of anilines is 2. The lowest BCUT2D eigenvalue weighted by molar-refractivity contribution is 1.53. The quantitative estimate of drug-likeness (QED) is 0.343. The molecular formula is C22H14N2. The van der Waals surface area contributed by atoms with Crippen LogP contribution in [0.25, 0.3) is 43.7 Å². The summed E-state index contributed by atoms with van der Waals surface area (Å²) in [6, 6.07) is 26.0. The summed E-state index contributed by atoms with van der Waals surface area (Å²) in [5.41, 5.74) is 7.33. The Hall–Kier alpha value is -3.26. The van der Waals surface area contributed by atoms with Crippen molar-refractivity contribution >= 4 is 44.0 Å². The molecule has 0 spiro atoms. The highest BCUT2D eigenvalue weighted by Gasteiger charge is 2.21. The Morgan fingerprint density at radius 3 is 2.42 bits per heavy atom. The van der Waals surface area contributed by atoms with Gasteiger partial charge in [-0.15, -0.1) is 0 Å². The van der Waals surface area contributed by atoms with Gasteiger partial charge in [0.15, 0.2) is 0 Å². The minimum absolute atomic E-state index is 1.18. The van der Waals surface area contributed by atoms with Gasteiger partial charge in [0.2, 0.25) is 0 Å². The molecule has 1 aromatic heterocycles. The molecule has 0 radical (unpaired) electrons. The smallest absolute Gasteiger partial charge is 0.0565 e. The molecule has 0 bridgehead atoms. The number of fused-ring (bicyclic) bond motifs is 6. The molecule has 2 heteroatoms. The molecule has 24 heavy (non-hydrogen) atoms. The van der Waals surface area contributed by atoms with E-state index < -0.39 is 0 Å². The molecular weight excluding hydrogens is 292 g/mol. The summed E-state index contributed by atoms with van der Waals surface area (Å²) in [5, 5.41) is 8.84. The van der Waals surface area contributed by atoms with Gasteiger partial charge in [0.05, 0.1) is 5.69 Å². The monoisotopic (exact) mass is 306 g/mol. The summed E-state index contributed by atoms with van der Waals surface area (Å²) in [6.07, 6.45) is 0. The zero-order valence-corrected chi connectivity index (χ0v) is 12.9. The highest BCUT2D eigenvalue weighted by molar-refractivity contribution is 6.22. The number of aromatic amines is 1. The second kappa shape index (κ2) is 4.18. The van der Waals surface area contributed by atoms with Gasteiger partial charge in [-0.1, -0.05) is 54.6 Å². The average molecular weight is 306 g/mol. The van der Waals surface area contributed by atoms with E-state index in [4.69, 9.17) is 0 Å². The number of rotatable bonds is 0. The van der Waals surface area contributed by atoms with Crippen LogP contribution in [0.4, 0.5) is 11.4 Å². The van der Waals surface area contributed by atoms with Gasteiger partial charge in [0, 0.05) is 38.4 Å². The Morgan fingerprint density at radius 1 is 0.583 bits per heavy atom. The Labute approximate surface area is 138 Å². The summed E-state index contributed by atoms with van der Waals surface area (Å²) in [4.78, 5) is 3.54. The molecule has 2 nitrogen and oxygen atoms in total. The van der Waals surface area contributed by atoms with Gasteiger partial charge in [0.25, 0.3) is 0 Å². The second-order valence-corrected chi connectivity index (χ2v) is 6.42. The first-order valence-electron chi connectivity index (χ1n) is 8.23. The van der Waals surface area contributed by atoms with E-state index in [-0.39, 0.29) is 0 Å². The number of para-hydroxylation sites is 1. The van der Waals surface area contributed by atoms with E-state index in [0.29, 0.717) is 0 Å². The first-order valence-corrected chi connectivity index (χ1v) is 8.23. The van der Waals surface area contributed by atoms with Crippen LogP contribution in [0.2, 0.25) is 0 Å². The number of aromatic nitrogens is 1. The topological polar surface area (TPSA) is 27.8 Å². The van der Waals surface area contributed by atoms with Crippen molar-refractivity contribution in [1.29, 1.82) is 0 Å². The predicted molar refractivity (Wildman–Crippen MR) is 102 cm³/mol. The van der Waals surface area contributed by atoms with Crippen LogP contribution in [-0.4, -0.2) is 4.98 Å². The number of nitrogens with one attached hydrogen (secondary N) is 2.